The Labute approximate surface area is 179 Å². The van der Waals surface area contributed by atoms with Crippen molar-refractivity contribution in [3.63, 3.8) is 0 Å². The Bertz CT molecular complexity index is 909. The molecule has 0 aliphatic heterocycles. The molecular weight excluding hydrogens is 527 g/mol. The summed E-state index contributed by atoms with van der Waals surface area (Å²) >= 11 is 5.57. The van der Waals surface area contributed by atoms with E-state index >= 15 is 0 Å². The molecule has 0 spiro atoms. The minimum Gasteiger partial charge on any atom is -0.496 e. The average molecular weight is 543 g/mol. The Morgan fingerprint density at radius 1 is 1.26 bits per heavy atom. The summed E-state index contributed by atoms with van der Waals surface area (Å²) < 4.78 is 17.6. The molecule has 0 aromatic heterocycles. The van der Waals surface area contributed by atoms with Crippen molar-refractivity contribution >= 4 is 50.6 Å². The highest BCUT2D eigenvalue weighted by molar-refractivity contribution is 14.1. The van der Waals surface area contributed by atoms with Crippen LogP contribution in [0.15, 0.2) is 39.9 Å². The van der Waals surface area contributed by atoms with E-state index in [1.807, 2.05) is 0 Å². The number of nitrogens with one attached hydrogen (secondary N) is 1. The highest BCUT2D eigenvalue weighted by Gasteiger charge is 2.10. The number of ether oxygens (including phenoxy) is 3. The van der Waals surface area contributed by atoms with Gasteiger partial charge in [0.05, 0.1) is 24.0 Å². The molecule has 2 aromatic carbocycles. The number of amides is 1. The van der Waals surface area contributed by atoms with E-state index in [-0.39, 0.29) is 12.5 Å². The third kappa shape index (κ3) is 5.61. The lowest BCUT2D eigenvalue weighted by Gasteiger charge is -2.11. The number of hydrazone groups is 1. The van der Waals surface area contributed by atoms with Crippen LogP contribution >= 0.6 is 38.5 Å². The van der Waals surface area contributed by atoms with Crippen molar-refractivity contribution in [3.05, 3.63) is 49.5 Å². The van der Waals surface area contributed by atoms with E-state index in [1.54, 1.807) is 37.4 Å². The lowest BCUT2D eigenvalue weighted by molar-refractivity contribution is 0.0954. The molecule has 0 saturated heterocycles. The number of carbonyl (C=O) groups is 1. The largest absolute Gasteiger partial charge is 0.496 e. The monoisotopic (exact) mass is 542 g/mol. The van der Waals surface area contributed by atoms with Gasteiger partial charge in [-0.2, -0.15) is 5.10 Å². The first-order valence-corrected chi connectivity index (χ1v) is 9.48. The highest BCUT2D eigenvalue weighted by Crippen LogP contribution is 2.32. The lowest BCUT2D eigenvalue weighted by atomic mass is 10.2. The van der Waals surface area contributed by atoms with Gasteiger partial charge in [0.15, 0.2) is 11.5 Å². The van der Waals surface area contributed by atoms with Gasteiger partial charge in [0.2, 0.25) is 0 Å². The quantitative estimate of drug-likeness (QED) is 0.250. The summed E-state index contributed by atoms with van der Waals surface area (Å²) in [7, 11) is 3.08. The maximum atomic E-state index is 12.2. The first-order chi connectivity index (χ1) is 13.0. The molecule has 0 unspecified atom stereocenters. The molecule has 27 heavy (non-hydrogen) atoms. The number of carbonyl (C=O) groups excluding carboxylic acids is 1. The fraction of sp³-hybridized carbons (Fsp3) is 0.158. The molecular formula is C19H16BrIN2O4. The van der Waals surface area contributed by atoms with Crippen LogP contribution in [0.4, 0.5) is 0 Å². The van der Waals surface area contributed by atoms with Gasteiger partial charge in [0, 0.05) is 15.6 Å². The predicted molar refractivity (Wildman–Crippen MR) is 116 cm³/mol. The number of terminal acetylenes is 1. The van der Waals surface area contributed by atoms with Crippen LogP contribution in [-0.4, -0.2) is 32.9 Å². The van der Waals surface area contributed by atoms with E-state index in [2.05, 4.69) is 55.0 Å². The first-order valence-electron chi connectivity index (χ1n) is 7.61. The molecule has 2 rings (SSSR count). The fourth-order valence-corrected chi connectivity index (χ4v) is 3.05. The summed E-state index contributed by atoms with van der Waals surface area (Å²) in [4.78, 5) is 12.2. The number of hydrogen-bond acceptors (Lipinski definition) is 5. The molecule has 0 aliphatic carbocycles. The number of methoxy groups -OCH3 is 2. The normalized spacial score (nSPS) is 10.3. The Kier molecular flexibility index (Phi) is 7.94. The lowest BCUT2D eigenvalue weighted by Crippen LogP contribution is -2.17. The topological polar surface area (TPSA) is 69.2 Å². The zero-order chi connectivity index (χ0) is 19.8. The predicted octanol–water partition coefficient (Wildman–Crippen LogP) is 3.85. The maximum absolute atomic E-state index is 12.2. The summed E-state index contributed by atoms with van der Waals surface area (Å²) in [5.41, 5.74) is 3.62. The van der Waals surface area contributed by atoms with Crippen LogP contribution in [0.25, 0.3) is 0 Å². The summed E-state index contributed by atoms with van der Waals surface area (Å²) in [6.07, 6.45) is 6.71. The third-order valence-electron chi connectivity index (χ3n) is 3.38. The fourth-order valence-electron chi connectivity index (χ4n) is 2.07. The first kappa shape index (κ1) is 21.1. The molecule has 1 N–H and O–H groups in total. The summed E-state index contributed by atoms with van der Waals surface area (Å²) in [6.45, 7) is 0.131. The summed E-state index contributed by atoms with van der Waals surface area (Å²) in [5.74, 6) is 3.69. The molecule has 0 atom stereocenters. The van der Waals surface area contributed by atoms with E-state index in [0.717, 1.165) is 3.57 Å². The number of hydrogen-bond donors (Lipinski definition) is 1. The van der Waals surface area contributed by atoms with Crippen LogP contribution in [0.2, 0.25) is 0 Å². The molecule has 0 radical (unpaired) electrons. The molecule has 0 saturated carbocycles. The molecule has 6 nitrogen and oxygen atoms in total. The van der Waals surface area contributed by atoms with Gasteiger partial charge >= 0.3 is 0 Å². The van der Waals surface area contributed by atoms with Gasteiger partial charge in [-0.25, -0.2) is 5.43 Å². The van der Waals surface area contributed by atoms with Crippen LogP contribution in [0.3, 0.4) is 0 Å². The van der Waals surface area contributed by atoms with E-state index < -0.39 is 0 Å². The second-order valence-electron chi connectivity index (χ2n) is 5.07. The zero-order valence-electron chi connectivity index (χ0n) is 14.6. The van der Waals surface area contributed by atoms with Gasteiger partial charge < -0.3 is 14.2 Å². The van der Waals surface area contributed by atoms with Crippen molar-refractivity contribution in [2.45, 2.75) is 0 Å². The van der Waals surface area contributed by atoms with E-state index in [0.29, 0.717) is 32.8 Å². The number of halogens is 2. The minimum absolute atomic E-state index is 0.131. The molecule has 0 fully saturated rings. The SMILES string of the molecule is C#CCOc1cc(Br)c(/C=N\NC(=O)c2ccc(I)c(OC)c2)cc1OC. The molecule has 140 valence electrons. The van der Waals surface area contributed by atoms with Crippen LogP contribution in [0.5, 0.6) is 17.2 Å². The van der Waals surface area contributed by atoms with Crippen LogP contribution in [-0.2, 0) is 0 Å². The van der Waals surface area contributed by atoms with E-state index in [4.69, 9.17) is 20.6 Å². The smallest absolute Gasteiger partial charge is 0.271 e. The third-order valence-corrected chi connectivity index (χ3v) is 4.95. The van der Waals surface area contributed by atoms with Gasteiger partial charge in [0.25, 0.3) is 5.91 Å². The Morgan fingerprint density at radius 3 is 2.67 bits per heavy atom. The van der Waals surface area contributed by atoms with Crippen molar-refractivity contribution in [2.75, 3.05) is 20.8 Å². The van der Waals surface area contributed by atoms with E-state index in [1.165, 1.54) is 13.3 Å². The highest BCUT2D eigenvalue weighted by atomic mass is 127. The van der Waals surface area contributed by atoms with Crippen LogP contribution < -0.4 is 19.6 Å². The number of benzene rings is 2. The van der Waals surface area contributed by atoms with Crippen LogP contribution in [0, 0.1) is 15.9 Å². The van der Waals surface area contributed by atoms with Crippen molar-refractivity contribution in [2.24, 2.45) is 5.10 Å². The second kappa shape index (κ2) is 10.2. The molecule has 0 aliphatic rings. The van der Waals surface area contributed by atoms with E-state index in [9.17, 15) is 4.79 Å². The second-order valence-corrected chi connectivity index (χ2v) is 7.08. The summed E-state index contributed by atoms with van der Waals surface area (Å²) in [6, 6.07) is 8.60. The Hall–Kier alpha value is -2.25. The van der Waals surface area contributed by atoms with Gasteiger partial charge in [0.1, 0.15) is 12.4 Å². The van der Waals surface area contributed by atoms with Gasteiger partial charge in [-0.15, -0.1) is 6.42 Å². The average Bonchev–Trinajstić information content (AvgIpc) is 2.67. The van der Waals surface area contributed by atoms with Crippen molar-refractivity contribution in [1.82, 2.24) is 5.43 Å². The van der Waals surface area contributed by atoms with Gasteiger partial charge in [-0.1, -0.05) is 5.92 Å². The molecule has 0 heterocycles. The van der Waals surface area contributed by atoms with Crippen molar-refractivity contribution in [3.8, 4) is 29.6 Å². The van der Waals surface area contributed by atoms with Crippen molar-refractivity contribution < 1.29 is 19.0 Å². The number of nitrogens with zero attached hydrogens (tertiary/aromatic N) is 1. The zero-order valence-corrected chi connectivity index (χ0v) is 18.3. The maximum Gasteiger partial charge on any atom is 0.271 e. The minimum atomic E-state index is -0.349. The van der Waals surface area contributed by atoms with Crippen molar-refractivity contribution in [1.29, 1.82) is 0 Å². The Morgan fingerprint density at radius 2 is 2.00 bits per heavy atom. The molecule has 2 aromatic rings. The molecule has 8 heteroatoms. The standard InChI is InChI=1S/C19H16BrIN2O4/c1-4-7-27-18-10-14(20)13(9-17(18)26-3)11-22-23-19(24)12-5-6-15(21)16(8-12)25-2/h1,5-6,8-11H,7H2,2-3H3,(H,23,24)/b22-11-. The van der Waals surface area contributed by atoms with Crippen LogP contribution in [0.1, 0.15) is 15.9 Å². The summed E-state index contributed by atoms with van der Waals surface area (Å²) in [5, 5.41) is 4.00. The Balaban J connectivity index is 2.13. The molecule has 0 bridgehead atoms. The molecule has 1 amide bonds. The number of rotatable bonds is 7. The van der Waals surface area contributed by atoms with Gasteiger partial charge in [-0.3, -0.25) is 4.79 Å². The van der Waals surface area contributed by atoms with Gasteiger partial charge in [-0.05, 0) is 68.9 Å².